The molecule has 0 amide bonds. The molecule has 1 aliphatic carbocycles. The first-order chi connectivity index (χ1) is 16.1. The summed E-state index contributed by atoms with van der Waals surface area (Å²) in [5.74, 6) is 0.355. The second kappa shape index (κ2) is 7.48. The van der Waals surface area contributed by atoms with Gasteiger partial charge in [-0.3, -0.25) is 9.98 Å². The lowest BCUT2D eigenvalue weighted by atomic mass is 10.2. The van der Waals surface area contributed by atoms with Gasteiger partial charge in [-0.25, -0.2) is 14.5 Å². The van der Waals surface area contributed by atoms with Crippen molar-refractivity contribution in [1.29, 1.82) is 0 Å². The summed E-state index contributed by atoms with van der Waals surface area (Å²) in [5.41, 5.74) is 2.74. The molecular weight excluding hydrogens is 422 g/mol. The largest absolute Gasteiger partial charge is 0.493 e. The predicted octanol–water partition coefficient (Wildman–Crippen LogP) is 0.991. The number of aromatic nitrogens is 7. The van der Waals surface area contributed by atoms with Gasteiger partial charge in [-0.15, -0.1) is 0 Å². The van der Waals surface area contributed by atoms with Crippen molar-refractivity contribution in [2.75, 3.05) is 5.32 Å². The first-order valence-electron chi connectivity index (χ1n) is 10.5. The summed E-state index contributed by atoms with van der Waals surface area (Å²) in [4.78, 5) is 25.9. The van der Waals surface area contributed by atoms with Crippen LogP contribution in [0.3, 0.4) is 0 Å². The third-order valence-corrected chi connectivity index (χ3v) is 5.26. The SMILES string of the molecule is O=c1[nH]c(O)c(/C=c2\cnn3c(=NC4CC4)cc(Nc4cccc(-n5cccn5)c4)nc23)[nH]1. The molecule has 11 heteroatoms. The number of hydrogen-bond acceptors (Lipinski definition) is 7. The van der Waals surface area contributed by atoms with Gasteiger partial charge in [0.05, 0.1) is 17.9 Å². The van der Waals surface area contributed by atoms with Crippen LogP contribution in [0.15, 0.2) is 64.8 Å². The fourth-order valence-electron chi connectivity index (χ4n) is 3.56. The molecule has 0 spiro atoms. The Morgan fingerprint density at radius 1 is 1.18 bits per heavy atom. The molecule has 1 saturated carbocycles. The summed E-state index contributed by atoms with van der Waals surface area (Å²) in [6.45, 7) is 0. The van der Waals surface area contributed by atoms with E-state index in [2.05, 4.69) is 25.5 Å². The third kappa shape index (κ3) is 3.76. The van der Waals surface area contributed by atoms with E-state index in [9.17, 15) is 9.90 Å². The van der Waals surface area contributed by atoms with Crippen molar-refractivity contribution < 1.29 is 5.11 Å². The number of nitrogens with one attached hydrogen (secondary N) is 3. The normalized spacial score (nSPS) is 14.9. The Hall–Kier alpha value is -4.67. The number of anilines is 2. The van der Waals surface area contributed by atoms with E-state index < -0.39 is 5.69 Å². The Bertz CT molecular complexity index is 1640. The standard InChI is InChI=1S/C22H19N9O2/c32-21-17(27-22(33)29-21)9-13-12-24-31-19(26-14-5-6-14)11-18(28-20(13)31)25-15-3-1-4-16(10-15)30-8-2-7-23-30/h1-4,7-12,14,25,32H,5-6H2,(H2,27,29,33)/b13-9+,26-19?. The molecule has 0 radical (unpaired) electrons. The van der Waals surface area contributed by atoms with E-state index >= 15 is 0 Å². The minimum atomic E-state index is -0.493. The lowest BCUT2D eigenvalue weighted by molar-refractivity contribution is 0.454. The van der Waals surface area contributed by atoms with Crippen LogP contribution in [0.5, 0.6) is 5.88 Å². The van der Waals surface area contributed by atoms with E-state index in [4.69, 9.17) is 9.98 Å². The number of aromatic amines is 2. The molecule has 33 heavy (non-hydrogen) atoms. The molecule has 5 aromatic rings. The fourth-order valence-corrected chi connectivity index (χ4v) is 3.56. The van der Waals surface area contributed by atoms with Crippen LogP contribution in [-0.2, 0) is 0 Å². The maximum absolute atomic E-state index is 11.5. The second-order valence-electron chi connectivity index (χ2n) is 7.81. The van der Waals surface area contributed by atoms with E-state index in [1.807, 2.05) is 42.6 Å². The fraction of sp³-hybridized carbons (Fsp3) is 0.136. The summed E-state index contributed by atoms with van der Waals surface area (Å²) in [5, 5.41) is 22.6. The smallest absolute Gasteiger partial charge is 0.326 e. The molecular formula is C22H19N9O2. The highest BCUT2D eigenvalue weighted by Gasteiger charge is 2.20. The maximum Gasteiger partial charge on any atom is 0.326 e. The van der Waals surface area contributed by atoms with Crippen LogP contribution in [0, 0.1) is 0 Å². The topological polar surface area (TPSA) is 141 Å². The number of nitrogens with zero attached hydrogens (tertiary/aromatic N) is 6. The van der Waals surface area contributed by atoms with Crippen molar-refractivity contribution in [2.24, 2.45) is 4.99 Å². The molecule has 1 fully saturated rings. The molecule has 0 saturated heterocycles. The summed E-state index contributed by atoms with van der Waals surface area (Å²) < 4.78 is 3.45. The van der Waals surface area contributed by atoms with Gasteiger partial charge in [-0.05, 0) is 43.2 Å². The number of fused-ring (bicyclic) bond motifs is 1. The van der Waals surface area contributed by atoms with Crippen molar-refractivity contribution in [3.63, 3.8) is 0 Å². The van der Waals surface area contributed by atoms with Gasteiger partial charge in [-0.1, -0.05) is 6.07 Å². The van der Waals surface area contributed by atoms with Gasteiger partial charge in [0, 0.05) is 29.4 Å². The number of hydrogen-bond donors (Lipinski definition) is 4. The van der Waals surface area contributed by atoms with Gasteiger partial charge >= 0.3 is 5.69 Å². The molecule has 4 heterocycles. The number of imidazole rings is 1. The maximum atomic E-state index is 11.5. The Labute approximate surface area is 185 Å². The quantitative estimate of drug-likeness (QED) is 0.321. The molecule has 4 aromatic heterocycles. The first-order valence-corrected chi connectivity index (χ1v) is 10.5. The van der Waals surface area contributed by atoms with Crippen LogP contribution in [0.2, 0.25) is 0 Å². The van der Waals surface area contributed by atoms with Crippen molar-refractivity contribution in [2.45, 2.75) is 18.9 Å². The molecule has 1 aromatic carbocycles. The number of aromatic hydroxyl groups is 1. The van der Waals surface area contributed by atoms with Crippen molar-refractivity contribution in [1.82, 2.24) is 34.3 Å². The molecule has 4 N–H and O–H groups in total. The van der Waals surface area contributed by atoms with Gasteiger partial charge in [0.15, 0.2) is 11.1 Å². The second-order valence-corrected chi connectivity index (χ2v) is 7.81. The average Bonchev–Trinajstić information content (AvgIpc) is 3.17. The van der Waals surface area contributed by atoms with Gasteiger partial charge < -0.3 is 15.4 Å². The average molecular weight is 441 g/mol. The Kier molecular flexibility index (Phi) is 4.32. The minimum Gasteiger partial charge on any atom is -0.493 e. The van der Waals surface area contributed by atoms with Crippen LogP contribution < -0.4 is 21.7 Å². The molecule has 0 bridgehead atoms. The highest BCUT2D eigenvalue weighted by Crippen LogP contribution is 2.23. The van der Waals surface area contributed by atoms with Gasteiger partial charge in [0.2, 0.25) is 5.88 Å². The van der Waals surface area contributed by atoms with E-state index in [0.717, 1.165) is 24.2 Å². The van der Waals surface area contributed by atoms with Crippen molar-refractivity contribution in [3.8, 4) is 11.6 Å². The minimum absolute atomic E-state index is 0.244. The molecule has 164 valence electrons. The summed E-state index contributed by atoms with van der Waals surface area (Å²) in [6.07, 6.45) is 8.96. The molecule has 11 nitrogen and oxygen atoms in total. The van der Waals surface area contributed by atoms with Crippen molar-refractivity contribution in [3.05, 3.63) is 81.9 Å². The Morgan fingerprint density at radius 2 is 2.09 bits per heavy atom. The summed E-state index contributed by atoms with van der Waals surface area (Å²) in [7, 11) is 0. The van der Waals surface area contributed by atoms with Crippen LogP contribution in [0.25, 0.3) is 17.4 Å². The lowest BCUT2D eigenvalue weighted by Gasteiger charge is -2.08. The zero-order valence-corrected chi connectivity index (χ0v) is 17.3. The van der Waals surface area contributed by atoms with Gasteiger partial charge in [-0.2, -0.15) is 14.7 Å². The zero-order valence-electron chi connectivity index (χ0n) is 17.3. The Morgan fingerprint density at radius 3 is 2.85 bits per heavy atom. The summed E-state index contributed by atoms with van der Waals surface area (Å²) in [6, 6.07) is 11.8. The monoisotopic (exact) mass is 441 g/mol. The lowest BCUT2D eigenvalue weighted by Crippen LogP contribution is -2.19. The summed E-state index contributed by atoms with van der Waals surface area (Å²) >= 11 is 0. The number of rotatable bonds is 5. The van der Waals surface area contributed by atoms with E-state index in [1.54, 1.807) is 27.7 Å². The van der Waals surface area contributed by atoms with E-state index in [1.165, 1.54) is 0 Å². The number of H-pyrrole nitrogens is 2. The highest BCUT2D eigenvalue weighted by atomic mass is 16.3. The Balaban J connectivity index is 1.47. The van der Waals surface area contributed by atoms with Crippen LogP contribution in [0.4, 0.5) is 11.5 Å². The first kappa shape index (κ1) is 19.0. The molecule has 1 aliphatic rings. The van der Waals surface area contributed by atoms with E-state index in [0.29, 0.717) is 22.2 Å². The van der Waals surface area contributed by atoms with Crippen LogP contribution in [0.1, 0.15) is 18.5 Å². The predicted molar refractivity (Wildman–Crippen MR) is 120 cm³/mol. The van der Waals surface area contributed by atoms with E-state index in [-0.39, 0.29) is 17.6 Å². The molecule has 0 unspecified atom stereocenters. The molecule has 6 rings (SSSR count). The highest BCUT2D eigenvalue weighted by molar-refractivity contribution is 5.62. The van der Waals surface area contributed by atoms with Crippen LogP contribution >= 0.6 is 0 Å². The molecule has 0 aliphatic heterocycles. The molecule has 0 atom stereocenters. The number of benzene rings is 1. The van der Waals surface area contributed by atoms with Gasteiger partial charge in [0.1, 0.15) is 11.5 Å². The van der Waals surface area contributed by atoms with Gasteiger partial charge in [0.25, 0.3) is 0 Å². The third-order valence-electron chi connectivity index (χ3n) is 5.26. The van der Waals surface area contributed by atoms with Crippen molar-refractivity contribution >= 4 is 23.2 Å². The van der Waals surface area contributed by atoms with Crippen LogP contribution in [-0.4, -0.2) is 45.5 Å². The zero-order chi connectivity index (χ0) is 22.4.